The monoisotopic (exact) mass is 433 g/mol. The number of likely N-dealkylation sites (tertiary alicyclic amines) is 1. The Balaban J connectivity index is 1.46. The number of alkyl halides is 2. The SMILES string of the molecule is C=CC(=O)N1C[C@@H](N2C=C(c3cccnc3)NN2C)[C@H](OCC2CCC(F)(F)CC2)C1. The third-order valence-corrected chi connectivity index (χ3v) is 6.31. The fourth-order valence-corrected chi connectivity index (χ4v) is 4.47. The van der Waals surface area contributed by atoms with Crippen molar-refractivity contribution >= 4 is 11.6 Å². The van der Waals surface area contributed by atoms with Crippen molar-refractivity contribution in [2.75, 3.05) is 26.7 Å². The Bertz CT molecular complexity index is 824. The van der Waals surface area contributed by atoms with Gasteiger partial charge < -0.3 is 9.64 Å². The average molecular weight is 434 g/mol. The Hall–Kier alpha value is -2.52. The number of hydrogen-bond acceptors (Lipinski definition) is 6. The van der Waals surface area contributed by atoms with E-state index in [9.17, 15) is 13.6 Å². The number of halogens is 2. The number of amides is 1. The van der Waals surface area contributed by atoms with Crippen molar-refractivity contribution in [3.63, 3.8) is 0 Å². The van der Waals surface area contributed by atoms with Gasteiger partial charge in [0, 0.05) is 63.7 Å². The first kappa shape index (κ1) is 21.7. The molecule has 9 heteroatoms. The molecule has 2 fully saturated rings. The summed E-state index contributed by atoms with van der Waals surface area (Å²) in [5.74, 6) is -2.56. The van der Waals surface area contributed by atoms with Gasteiger partial charge >= 0.3 is 0 Å². The molecule has 1 aromatic heterocycles. The van der Waals surface area contributed by atoms with Crippen molar-refractivity contribution in [1.82, 2.24) is 25.4 Å². The number of carbonyl (C=O) groups is 1. The molecule has 1 N–H and O–H groups in total. The summed E-state index contributed by atoms with van der Waals surface area (Å²) < 4.78 is 33.2. The summed E-state index contributed by atoms with van der Waals surface area (Å²) >= 11 is 0. The van der Waals surface area contributed by atoms with Crippen LogP contribution in [0.15, 0.2) is 43.4 Å². The lowest BCUT2D eigenvalue weighted by Crippen LogP contribution is -2.50. The number of rotatable bonds is 6. The van der Waals surface area contributed by atoms with Gasteiger partial charge in [0.2, 0.25) is 11.8 Å². The first-order valence-electron chi connectivity index (χ1n) is 10.7. The van der Waals surface area contributed by atoms with Gasteiger partial charge in [-0.05, 0) is 37.0 Å². The maximum Gasteiger partial charge on any atom is 0.248 e. The number of ether oxygens (including phenoxy) is 1. The minimum absolute atomic E-state index is 0.0772. The quantitative estimate of drug-likeness (QED) is 0.696. The van der Waals surface area contributed by atoms with Crippen LogP contribution in [0, 0.1) is 5.92 Å². The highest BCUT2D eigenvalue weighted by molar-refractivity contribution is 5.87. The van der Waals surface area contributed by atoms with Crippen LogP contribution in [0.2, 0.25) is 0 Å². The molecule has 168 valence electrons. The van der Waals surface area contributed by atoms with Crippen LogP contribution in [-0.4, -0.2) is 70.7 Å². The molecule has 1 saturated heterocycles. The Kier molecular flexibility index (Phi) is 6.24. The number of nitrogens with one attached hydrogen (secondary N) is 1. The topological polar surface area (TPSA) is 60.9 Å². The molecule has 0 aromatic carbocycles. The lowest BCUT2D eigenvalue weighted by atomic mass is 9.87. The Morgan fingerprint density at radius 1 is 1.39 bits per heavy atom. The van der Waals surface area contributed by atoms with Gasteiger partial charge in [-0.25, -0.2) is 8.78 Å². The highest BCUT2D eigenvalue weighted by Gasteiger charge is 2.42. The molecular formula is C22H29F2N5O2. The third-order valence-electron chi connectivity index (χ3n) is 6.31. The lowest BCUT2D eigenvalue weighted by molar-refractivity contribution is -0.125. The molecule has 3 heterocycles. The predicted octanol–water partition coefficient (Wildman–Crippen LogP) is 2.65. The standard InChI is InChI=1S/C22H29F2N5O2/c1-3-21(30)28-13-19(20(14-28)31-15-16-6-8-22(23,24)9-7-16)29-12-18(26-27(29)2)17-5-4-10-25-11-17/h3-5,10-12,16,19-20,26H,1,6-9,13-15H2,2H3/t19-,20-/m1/s1. The highest BCUT2D eigenvalue weighted by atomic mass is 19.3. The van der Waals surface area contributed by atoms with Crippen LogP contribution in [0.25, 0.3) is 5.70 Å². The van der Waals surface area contributed by atoms with Crippen molar-refractivity contribution in [2.24, 2.45) is 5.92 Å². The predicted molar refractivity (Wildman–Crippen MR) is 112 cm³/mol. The van der Waals surface area contributed by atoms with Gasteiger partial charge in [0.1, 0.15) is 0 Å². The molecule has 0 radical (unpaired) electrons. The normalized spacial score (nSPS) is 26.6. The van der Waals surface area contributed by atoms with Gasteiger partial charge in [-0.15, -0.1) is 5.12 Å². The van der Waals surface area contributed by atoms with E-state index < -0.39 is 5.92 Å². The number of hydrazine groups is 2. The van der Waals surface area contributed by atoms with Gasteiger partial charge in [-0.3, -0.25) is 20.2 Å². The van der Waals surface area contributed by atoms with Gasteiger partial charge in [0.15, 0.2) is 0 Å². The molecule has 31 heavy (non-hydrogen) atoms. The van der Waals surface area contributed by atoms with E-state index in [1.807, 2.05) is 35.5 Å². The maximum atomic E-state index is 13.5. The number of aromatic nitrogens is 1. The molecular weight excluding hydrogens is 404 g/mol. The highest BCUT2D eigenvalue weighted by Crippen LogP contribution is 2.36. The number of nitrogens with zero attached hydrogens (tertiary/aromatic N) is 4. The fourth-order valence-electron chi connectivity index (χ4n) is 4.47. The summed E-state index contributed by atoms with van der Waals surface area (Å²) in [6.45, 7) is 4.95. The average Bonchev–Trinajstić information content (AvgIpc) is 3.36. The number of carbonyl (C=O) groups excluding carboxylic acids is 1. The van der Waals surface area contributed by atoms with E-state index in [0.29, 0.717) is 32.5 Å². The fraction of sp³-hybridized carbons (Fsp3) is 0.545. The van der Waals surface area contributed by atoms with Crippen LogP contribution in [0.1, 0.15) is 31.2 Å². The number of pyridine rings is 1. The van der Waals surface area contributed by atoms with E-state index >= 15 is 0 Å². The van der Waals surface area contributed by atoms with Crippen LogP contribution < -0.4 is 5.43 Å². The van der Waals surface area contributed by atoms with Crippen molar-refractivity contribution in [2.45, 2.75) is 43.8 Å². The molecule has 1 aliphatic carbocycles. The first-order chi connectivity index (χ1) is 14.9. The van der Waals surface area contributed by atoms with Crippen molar-refractivity contribution in [1.29, 1.82) is 0 Å². The molecule has 0 unspecified atom stereocenters. The van der Waals surface area contributed by atoms with E-state index in [-0.39, 0.29) is 36.8 Å². The molecule has 2 aliphatic heterocycles. The maximum absolute atomic E-state index is 13.5. The zero-order valence-electron chi connectivity index (χ0n) is 17.7. The molecule has 1 amide bonds. The van der Waals surface area contributed by atoms with Crippen LogP contribution in [-0.2, 0) is 9.53 Å². The van der Waals surface area contributed by atoms with Crippen LogP contribution in [0.5, 0.6) is 0 Å². The van der Waals surface area contributed by atoms with Crippen LogP contribution >= 0.6 is 0 Å². The Morgan fingerprint density at radius 2 is 2.16 bits per heavy atom. The van der Waals surface area contributed by atoms with Crippen molar-refractivity contribution < 1.29 is 18.3 Å². The smallest absolute Gasteiger partial charge is 0.248 e. The van der Waals surface area contributed by atoms with E-state index in [2.05, 4.69) is 17.0 Å². The molecule has 0 spiro atoms. The van der Waals surface area contributed by atoms with Crippen molar-refractivity contribution in [3.05, 3.63) is 48.9 Å². The second kappa shape index (κ2) is 8.92. The van der Waals surface area contributed by atoms with Gasteiger partial charge in [-0.2, -0.15) is 0 Å². The number of hydrogen-bond donors (Lipinski definition) is 1. The molecule has 7 nitrogen and oxygen atoms in total. The van der Waals surface area contributed by atoms with E-state index in [4.69, 9.17) is 4.74 Å². The lowest BCUT2D eigenvalue weighted by Gasteiger charge is -2.34. The molecule has 3 aliphatic rings. The summed E-state index contributed by atoms with van der Waals surface area (Å²) in [5, 5.41) is 3.89. The Morgan fingerprint density at radius 3 is 2.84 bits per heavy atom. The zero-order valence-corrected chi connectivity index (χ0v) is 17.7. The molecule has 1 aromatic rings. The minimum Gasteiger partial charge on any atom is -0.374 e. The van der Waals surface area contributed by atoms with Crippen molar-refractivity contribution in [3.8, 4) is 0 Å². The van der Waals surface area contributed by atoms with E-state index in [1.165, 1.54) is 6.08 Å². The summed E-state index contributed by atoms with van der Waals surface area (Å²) in [7, 11) is 1.90. The van der Waals surface area contributed by atoms with Crippen LogP contribution in [0.4, 0.5) is 8.78 Å². The summed E-state index contributed by atoms with van der Waals surface area (Å²) in [6, 6.07) is 3.74. The summed E-state index contributed by atoms with van der Waals surface area (Å²) in [5.41, 5.74) is 5.16. The third kappa shape index (κ3) is 4.88. The minimum atomic E-state index is -2.54. The molecule has 4 rings (SSSR count). The van der Waals surface area contributed by atoms with Gasteiger partial charge in [0.05, 0.1) is 17.8 Å². The molecule has 1 saturated carbocycles. The zero-order chi connectivity index (χ0) is 22.0. The largest absolute Gasteiger partial charge is 0.374 e. The van der Waals surface area contributed by atoms with E-state index in [0.717, 1.165) is 11.3 Å². The van der Waals surface area contributed by atoms with Crippen LogP contribution in [0.3, 0.4) is 0 Å². The summed E-state index contributed by atoms with van der Waals surface area (Å²) in [6.07, 6.45) is 7.35. The Labute approximate surface area is 181 Å². The van der Waals surface area contributed by atoms with Gasteiger partial charge in [0.25, 0.3) is 0 Å². The first-order valence-corrected chi connectivity index (χ1v) is 10.7. The summed E-state index contributed by atoms with van der Waals surface area (Å²) in [4.78, 5) is 18.2. The second-order valence-electron chi connectivity index (χ2n) is 8.49. The molecule has 0 bridgehead atoms. The van der Waals surface area contributed by atoms with Gasteiger partial charge in [-0.1, -0.05) is 6.58 Å². The van der Waals surface area contributed by atoms with E-state index in [1.54, 1.807) is 17.3 Å². The molecule has 2 atom stereocenters. The second-order valence-corrected chi connectivity index (χ2v) is 8.49.